The number of hydrogen-bond acceptors (Lipinski definition) is 2. The molecule has 3 nitrogen and oxygen atoms in total. The molecule has 0 aliphatic heterocycles. The molecule has 2 rings (SSSR count). The van der Waals surface area contributed by atoms with Crippen LogP contribution in [0.25, 0.3) is 11.0 Å². The first-order valence-corrected chi connectivity index (χ1v) is 5.04. The van der Waals surface area contributed by atoms with E-state index in [4.69, 9.17) is 5.73 Å². The van der Waals surface area contributed by atoms with Crippen LogP contribution in [0.4, 0.5) is 4.39 Å². The lowest BCUT2D eigenvalue weighted by molar-refractivity contribution is 0.577. The predicted molar refractivity (Wildman–Crippen MR) is 58.0 cm³/mol. The molecule has 1 heterocycles. The fourth-order valence-electron chi connectivity index (χ4n) is 1.56. The van der Waals surface area contributed by atoms with Crippen molar-refractivity contribution in [2.24, 2.45) is 11.7 Å². The SMILES string of the molecule is CC(CN)Cc1nc2c(F)cccc2[nH]1. The Morgan fingerprint density at radius 3 is 3.00 bits per heavy atom. The van der Waals surface area contributed by atoms with Crippen LogP contribution in [0, 0.1) is 11.7 Å². The number of H-pyrrole nitrogens is 1. The minimum Gasteiger partial charge on any atom is -0.342 e. The largest absolute Gasteiger partial charge is 0.342 e. The van der Waals surface area contributed by atoms with Crippen molar-refractivity contribution in [1.29, 1.82) is 0 Å². The molecule has 2 aromatic rings. The summed E-state index contributed by atoms with van der Waals surface area (Å²) in [7, 11) is 0. The summed E-state index contributed by atoms with van der Waals surface area (Å²) in [5.41, 5.74) is 6.69. The van der Waals surface area contributed by atoms with Gasteiger partial charge in [-0.05, 0) is 24.6 Å². The Morgan fingerprint density at radius 2 is 2.33 bits per heavy atom. The molecule has 1 unspecified atom stereocenters. The molecule has 0 spiro atoms. The molecule has 0 bridgehead atoms. The van der Waals surface area contributed by atoms with Crippen LogP contribution >= 0.6 is 0 Å². The first-order valence-electron chi connectivity index (χ1n) is 5.04. The van der Waals surface area contributed by atoms with E-state index in [1.54, 1.807) is 6.07 Å². The molecule has 0 saturated carbocycles. The van der Waals surface area contributed by atoms with E-state index in [0.717, 1.165) is 17.8 Å². The molecule has 4 heteroatoms. The maximum atomic E-state index is 13.3. The average molecular weight is 207 g/mol. The topological polar surface area (TPSA) is 54.7 Å². The van der Waals surface area contributed by atoms with Gasteiger partial charge in [0.2, 0.25) is 0 Å². The molecule has 80 valence electrons. The summed E-state index contributed by atoms with van der Waals surface area (Å²) in [6.45, 7) is 2.66. The number of hydrogen-bond donors (Lipinski definition) is 2. The number of para-hydroxylation sites is 1. The lowest BCUT2D eigenvalue weighted by Gasteiger charge is -2.03. The van der Waals surface area contributed by atoms with Gasteiger partial charge in [0.1, 0.15) is 11.3 Å². The third kappa shape index (κ3) is 1.99. The number of nitrogens with two attached hydrogens (primary N) is 1. The van der Waals surface area contributed by atoms with Gasteiger partial charge < -0.3 is 10.7 Å². The van der Waals surface area contributed by atoms with E-state index in [1.165, 1.54) is 6.07 Å². The Hall–Kier alpha value is -1.42. The maximum Gasteiger partial charge on any atom is 0.151 e. The van der Waals surface area contributed by atoms with E-state index in [2.05, 4.69) is 9.97 Å². The van der Waals surface area contributed by atoms with E-state index >= 15 is 0 Å². The van der Waals surface area contributed by atoms with Crippen LogP contribution < -0.4 is 5.73 Å². The average Bonchev–Trinajstić information content (AvgIpc) is 2.62. The molecule has 1 aromatic heterocycles. The predicted octanol–water partition coefficient (Wildman–Crippen LogP) is 1.84. The summed E-state index contributed by atoms with van der Waals surface area (Å²) in [5.74, 6) is 0.872. The number of fused-ring (bicyclic) bond motifs is 1. The smallest absolute Gasteiger partial charge is 0.151 e. The Bertz CT molecular complexity index is 464. The van der Waals surface area contributed by atoms with Crippen molar-refractivity contribution in [3.05, 3.63) is 29.8 Å². The van der Waals surface area contributed by atoms with E-state index in [0.29, 0.717) is 18.0 Å². The Morgan fingerprint density at radius 1 is 1.53 bits per heavy atom. The van der Waals surface area contributed by atoms with Crippen LogP contribution in [0.3, 0.4) is 0 Å². The molecule has 0 aliphatic rings. The van der Waals surface area contributed by atoms with Crippen molar-refractivity contribution in [3.63, 3.8) is 0 Å². The molecular formula is C11H14FN3. The second kappa shape index (κ2) is 3.98. The maximum absolute atomic E-state index is 13.3. The third-order valence-corrected chi connectivity index (χ3v) is 2.46. The highest BCUT2D eigenvalue weighted by Crippen LogP contribution is 2.16. The molecule has 3 N–H and O–H groups in total. The fraction of sp³-hybridized carbons (Fsp3) is 0.364. The van der Waals surface area contributed by atoms with Crippen molar-refractivity contribution < 1.29 is 4.39 Å². The highest BCUT2D eigenvalue weighted by molar-refractivity contribution is 5.75. The van der Waals surface area contributed by atoms with Crippen LogP contribution in [0.15, 0.2) is 18.2 Å². The summed E-state index contributed by atoms with van der Waals surface area (Å²) < 4.78 is 13.3. The summed E-state index contributed by atoms with van der Waals surface area (Å²) >= 11 is 0. The number of nitrogens with one attached hydrogen (secondary N) is 1. The number of nitrogens with zero attached hydrogens (tertiary/aromatic N) is 1. The number of rotatable bonds is 3. The quantitative estimate of drug-likeness (QED) is 0.806. The number of halogens is 1. The van der Waals surface area contributed by atoms with E-state index in [9.17, 15) is 4.39 Å². The highest BCUT2D eigenvalue weighted by Gasteiger charge is 2.09. The summed E-state index contributed by atoms with van der Waals surface area (Å²) in [6.07, 6.45) is 0.755. The van der Waals surface area contributed by atoms with E-state index in [1.807, 2.05) is 13.0 Å². The first-order chi connectivity index (χ1) is 7.20. The number of aromatic nitrogens is 2. The minimum atomic E-state index is -0.282. The summed E-state index contributed by atoms with van der Waals surface area (Å²) in [6, 6.07) is 4.91. The van der Waals surface area contributed by atoms with Crippen LogP contribution in [-0.4, -0.2) is 16.5 Å². The van der Waals surface area contributed by atoms with Crippen molar-refractivity contribution in [2.45, 2.75) is 13.3 Å². The van der Waals surface area contributed by atoms with Gasteiger partial charge >= 0.3 is 0 Å². The summed E-state index contributed by atoms with van der Waals surface area (Å²) in [4.78, 5) is 7.31. The zero-order valence-electron chi connectivity index (χ0n) is 8.63. The standard InChI is InChI=1S/C11H14FN3/c1-7(6-13)5-10-14-9-4-2-3-8(12)11(9)15-10/h2-4,7H,5-6,13H2,1H3,(H,14,15). The second-order valence-electron chi connectivity index (χ2n) is 3.86. The van der Waals surface area contributed by atoms with Gasteiger partial charge in [0.05, 0.1) is 5.52 Å². The number of aromatic amines is 1. The van der Waals surface area contributed by atoms with Gasteiger partial charge in [-0.3, -0.25) is 0 Å². The van der Waals surface area contributed by atoms with Gasteiger partial charge in [-0.1, -0.05) is 13.0 Å². The molecular weight excluding hydrogens is 193 g/mol. The molecule has 1 aromatic carbocycles. The monoisotopic (exact) mass is 207 g/mol. The van der Waals surface area contributed by atoms with Crippen molar-refractivity contribution >= 4 is 11.0 Å². The Balaban J connectivity index is 2.35. The summed E-state index contributed by atoms with van der Waals surface area (Å²) in [5, 5.41) is 0. The normalized spacial score (nSPS) is 13.3. The van der Waals surface area contributed by atoms with Gasteiger partial charge in [0.25, 0.3) is 0 Å². The second-order valence-corrected chi connectivity index (χ2v) is 3.86. The lowest BCUT2D eigenvalue weighted by atomic mass is 10.1. The van der Waals surface area contributed by atoms with Gasteiger partial charge in [-0.15, -0.1) is 0 Å². The molecule has 0 amide bonds. The highest BCUT2D eigenvalue weighted by atomic mass is 19.1. The first kappa shape index (κ1) is 10.1. The zero-order valence-corrected chi connectivity index (χ0v) is 8.63. The lowest BCUT2D eigenvalue weighted by Crippen LogP contribution is -2.13. The minimum absolute atomic E-state index is 0.282. The van der Waals surface area contributed by atoms with Crippen LogP contribution in [0.5, 0.6) is 0 Å². The van der Waals surface area contributed by atoms with Gasteiger partial charge in [0, 0.05) is 6.42 Å². The molecule has 0 radical (unpaired) electrons. The number of imidazole rings is 1. The van der Waals surface area contributed by atoms with Gasteiger partial charge in [-0.2, -0.15) is 0 Å². The fourth-order valence-corrected chi connectivity index (χ4v) is 1.56. The van der Waals surface area contributed by atoms with Crippen LogP contribution in [-0.2, 0) is 6.42 Å². The molecule has 0 aliphatic carbocycles. The van der Waals surface area contributed by atoms with Crippen molar-refractivity contribution in [2.75, 3.05) is 6.54 Å². The molecule has 1 atom stereocenters. The molecule has 15 heavy (non-hydrogen) atoms. The molecule has 0 fully saturated rings. The van der Waals surface area contributed by atoms with Gasteiger partial charge in [0.15, 0.2) is 5.82 Å². The Labute approximate surface area is 87.5 Å². The van der Waals surface area contributed by atoms with Crippen molar-refractivity contribution in [3.8, 4) is 0 Å². The zero-order chi connectivity index (χ0) is 10.8. The number of benzene rings is 1. The van der Waals surface area contributed by atoms with Crippen LogP contribution in [0.1, 0.15) is 12.7 Å². The van der Waals surface area contributed by atoms with E-state index < -0.39 is 0 Å². The van der Waals surface area contributed by atoms with Gasteiger partial charge in [-0.25, -0.2) is 9.37 Å². The molecule has 0 saturated heterocycles. The van der Waals surface area contributed by atoms with E-state index in [-0.39, 0.29) is 5.82 Å². The third-order valence-electron chi connectivity index (χ3n) is 2.46. The van der Waals surface area contributed by atoms with Crippen LogP contribution in [0.2, 0.25) is 0 Å². The van der Waals surface area contributed by atoms with Crippen molar-refractivity contribution in [1.82, 2.24) is 9.97 Å². The Kier molecular flexibility index (Phi) is 2.68.